The molecule has 1 aromatic carbocycles. The number of benzene rings is 1. The van der Waals surface area contributed by atoms with Gasteiger partial charge in [0.25, 0.3) is 0 Å². The summed E-state index contributed by atoms with van der Waals surface area (Å²) in [4.78, 5) is 28.7. The summed E-state index contributed by atoms with van der Waals surface area (Å²) in [6, 6.07) is 7.64. The molecule has 2 fully saturated rings. The number of nitrogens with zero attached hydrogens (tertiary/aromatic N) is 2. The number of piperazine rings is 1. The SMILES string of the molecule is Cc1cccc(NC(=O)N2CCN(C(=O)C3CC(C)OC3C)CC2)c1. The normalized spacial score (nSPS) is 26.6. The molecule has 3 unspecified atom stereocenters. The average Bonchev–Trinajstić information content (AvgIpc) is 2.92. The molecule has 0 radical (unpaired) electrons. The fourth-order valence-corrected chi connectivity index (χ4v) is 3.66. The number of aryl methyl sites for hydroxylation is 1. The first-order chi connectivity index (χ1) is 11.9. The summed E-state index contributed by atoms with van der Waals surface area (Å²) in [5.41, 5.74) is 1.91. The molecule has 0 saturated carbocycles. The molecule has 1 aromatic rings. The quantitative estimate of drug-likeness (QED) is 0.896. The Morgan fingerprint density at radius 3 is 2.40 bits per heavy atom. The minimum absolute atomic E-state index is 0.0230. The zero-order chi connectivity index (χ0) is 18.0. The smallest absolute Gasteiger partial charge is 0.321 e. The van der Waals surface area contributed by atoms with Gasteiger partial charge in [-0.15, -0.1) is 0 Å². The van der Waals surface area contributed by atoms with Gasteiger partial charge in [0.05, 0.1) is 18.1 Å². The lowest BCUT2D eigenvalue weighted by Crippen LogP contribution is -2.53. The third-order valence-electron chi connectivity index (χ3n) is 5.06. The van der Waals surface area contributed by atoms with E-state index in [0.717, 1.165) is 17.7 Å². The Balaban J connectivity index is 1.51. The summed E-state index contributed by atoms with van der Waals surface area (Å²) < 4.78 is 5.70. The van der Waals surface area contributed by atoms with Gasteiger partial charge in [-0.3, -0.25) is 4.79 Å². The topological polar surface area (TPSA) is 61.9 Å². The monoisotopic (exact) mass is 345 g/mol. The molecule has 3 rings (SSSR count). The van der Waals surface area contributed by atoms with Crippen molar-refractivity contribution < 1.29 is 14.3 Å². The third kappa shape index (κ3) is 4.12. The number of hydrogen-bond acceptors (Lipinski definition) is 3. The highest BCUT2D eigenvalue weighted by Crippen LogP contribution is 2.28. The molecular formula is C19H27N3O3. The molecule has 0 bridgehead atoms. The van der Waals surface area contributed by atoms with Gasteiger partial charge in [-0.25, -0.2) is 4.79 Å². The van der Waals surface area contributed by atoms with E-state index in [1.54, 1.807) is 4.90 Å². The van der Waals surface area contributed by atoms with Crippen LogP contribution in [-0.2, 0) is 9.53 Å². The lowest BCUT2D eigenvalue weighted by molar-refractivity contribution is -0.138. The van der Waals surface area contributed by atoms with Crippen LogP contribution in [0.15, 0.2) is 24.3 Å². The summed E-state index contributed by atoms with van der Waals surface area (Å²) in [7, 11) is 0. The van der Waals surface area contributed by atoms with Gasteiger partial charge in [0.1, 0.15) is 0 Å². The maximum Gasteiger partial charge on any atom is 0.321 e. The Kier molecular flexibility index (Phi) is 5.27. The van der Waals surface area contributed by atoms with Crippen molar-refractivity contribution in [1.82, 2.24) is 9.80 Å². The van der Waals surface area contributed by atoms with Gasteiger partial charge < -0.3 is 19.9 Å². The average molecular weight is 345 g/mol. The van der Waals surface area contributed by atoms with Gasteiger partial charge >= 0.3 is 6.03 Å². The molecule has 2 aliphatic rings. The lowest BCUT2D eigenvalue weighted by Gasteiger charge is -2.36. The summed E-state index contributed by atoms with van der Waals surface area (Å²) in [5, 5.41) is 2.93. The standard InChI is InChI=1S/C19H27N3O3/c1-13-5-4-6-16(11-13)20-19(24)22-9-7-21(8-10-22)18(23)17-12-14(2)25-15(17)3/h4-6,11,14-15,17H,7-10,12H2,1-3H3,(H,20,24). The molecule has 6 nitrogen and oxygen atoms in total. The predicted molar refractivity (Wildman–Crippen MR) is 96.5 cm³/mol. The maximum atomic E-state index is 12.7. The van der Waals surface area contributed by atoms with Crippen LogP contribution in [0.5, 0.6) is 0 Å². The Morgan fingerprint density at radius 2 is 1.80 bits per heavy atom. The summed E-state index contributed by atoms with van der Waals surface area (Å²) in [6.07, 6.45) is 0.907. The predicted octanol–water partition coefficient (Wildman–Crippen LogP) is 2.48. The number of ether oxygens (including phenoxy) is 1. The number of rotatable bonds is 2. The van der Waals surface area contributed by atoms with Crippen LogP contribution in [0.25, 0.3) is 0 Å². The Morgan fingerprint density at radius 1 is 1.12 bits per heavy atom. The number of anilines is 1. The highest BCUT2D eigenvalue weighted by molar-refractivity contribution is 5.89. The van der Waals surface area contributed by atoms with Gasteiger partial charge in [-0.2, -0.15) is 0 Å². The van der Waals surface area contributed by atoms with Gasteiger partial charge in [0.15, 0.2) is 0 Å². The molecule has 2 aliphatic heterocycles. The fraction of sp³-hybridized carbons (Fsp3) is 0.579. The number of carbonyl (C=O) groups is 2. The van der Waals surface area contributed by atoms with Gasteiger partial charge in [0.2, 0.25) is 5.91 Å². The van der Waals surface area contributed by atoms with Crippen LogP contribution in [0.3, 0.4) is 0 Å². The minimum atomic E-state index is -0.108. The molecule has 3 atom stereocenters. The zero-order valence-corrected chi connectivity index (χ0v) is 15.2. The van der Waals surface area contributed by atoms with E-state index in [1.807, 2.05) is 49.9 Å². The number of nitrogens with one attached hydrogen (secondary N) is 1. The Hall–Kier alpha value is -2.08. The van der Waals surface area contributed by atoms with Gasteiger partial charge in [0, 0.05) is 31.9 Å². The van der Waals surface area contributed by atoms with E-state index in [4.69, 9.17) is 4.74 Å². The van der Waals surface area contributed by atoms with Crippen molar-refractivity contribution >= 4 is 17.6 Å². The van der Waals surface area contributed by atoms with Crippen LogP contribution in [0.1, 0.15) is 25.8 Å². The van der Waals surface area contributed by atoms with E-state index < -0.39 is 0 Å². The summed E-state index contributed by atoms with van der Waals surface area (Å²) >= 11 is 0. The van der Waals surface area contributed by atoms with Crippen LogP contribution in [-0.4, -0.2) is 60.1 Å². The molecule has 0 aliphatic carbocycles. The van der Waals surface area contributed by atoms with Crippen LogP contribution < -0.4 is 5.32 Å². The second-order valence-electron chi connectivity index (χ2n) is 7.11. The third-order valence-corrected chi connectivity index (χ3v) is 5.06. The van der Waals surface area contributed by atoms with Crippen molar-refractivity contribution in [2.45, 2.75) is 39.4 Å². The largest absolute Gasteiger partial charge is 0.375 e. The highest BCUT2D eigenvalue weighted by atomic mass is 16.5. The molecule has 1 N–H and O–H groups in total. The molecular weight excluding hydrogens is 318 g/mol. The van der Waals surface area contributed by atoms with E-state index in [9.17, 15) is 9.59 Å². The number of hydrogen-bond donors (Lipinski definition) is 1. The molecule has 0 spiro atoms. The van der Waals surface area contributed by atoms with Crippen molar-refractivity contribution in [2.75, 3.05) is 31.5 Å². The van der Waals surface area contributed by atoms with Crippen molar-refractivity contribution in [1.29, 1.82) is 0 Å². The van der Waals surface area contributed by atoms with Crippen molar-refractivity contribution in [2.24, 2.45) is 5.92 Å². The van der Waals surface area contributed by atoms with Crippen LogP contribution in [0.2, 0.25) is 0 Å². The molecule has 2 saturated heterocycles. The second-order valence-corrected chi connectivity index (χ2v) is 7.11. The zero-order valence-electron chi connectivity index (χ0n) is 15.2. The lowest BCUT2D eigenvalue weighted by atomic mass is 9.98. The van der Waals surface area contributed by atoms with Crippen molar-refractivity contribution in [3.63, 3.8) is 0 Å². The fourth-order valence-electron chi connectivity index (χ4n) is 3.66. The van der Waals surface area contributed by atoms with Crippen molar-refractivity contribution in [3.8, 4) is 0 Å². The van der Waals surface area contributed by atoms with E-state index in [0.29, 0.717) is 26.2 Å². The molecule has 136 valence electrons. The van der Waals surface area contributed by atoms with Crippen LogP contribution >= 0.6 is 0 Å². The van der Waals surface area contributed by atoms with Gasteiger partial charge in [-0.1, -0.05) is 12.1 Å². The first-order valence-electron chi connectivity index (χ1n) is 9.01. The molecule has 2 heterocycles. The Labute approximate surface area is 149 Å². The minimum Gasteiger partial charge on any atom is -0.375 e. The molecule has 0 aromatic heterocycles. The van der Waals surface area contributed by atoms with Crippen molar-refractivity contribution in [3.05, 3.63) is 29.8 Å². The highest BCUT2D eigenvalue weighted by Gasteiger charge is 2.38. The number of urea groups is 1. The van der Waals surface area contributed by atoms with Crippen LogP contribution in [0.4, 0.5) is 10.5 Å². The maximum absolute atomic E-state index is 12.7. The first kappa shape index (κ1) is 17.7. The second kappa shape index (κ2) is 7.44. The summed E-state index contributed by atoms with van der Waals surface area (Å²) in [5.74, 6) is 0.110. The number of carbonyl (C=O) groups excluding carboxylic acids is 2. The number of amides is 3. The molecule has 6 heteroatoms. The molecule has 3 amide bonds. The van der Waals surface area contributed by atoms with Gasteiger partial charge in [-0.05, 0) is 44.9 Å². The van der Waals surface area contributed by atoms with E-state index in [-0.39, 0.29) is 30.1 Å². The van der Waals surface area contributed by atoms with E-state index in [2.05, 4.69) is 5.32 Å². The van der Waals surface area contributed by atoms with Crippen LogP contribution in [0, 0.1) is 12.8 Å². The van der Waals surface area contributed by atoms with E-state index in [1.165, 1.54) is 0 Å². The first-order valence-corrected chi connectivity index (χ1v) is 9.01. The Bertz CT molecular complexity index is 641. The summed E-state index contributed by atoms with van der Waals surface area (Å²) in [6.45, 7) is 8.25. The molecule has 25 heavy (non-hydrogen) atoms. The van der Waals surface area contributed by atoms with E-state index >= 15 is 0 Å².